The van der Waals surface area contributed by atoms with E-state index in [1.54, 1.807) is 14.0 Å². The van der Waals surface area contributed by atoms with Gasteiger partial charge in [-0.15, -0.1) is 23.5 Å². The fraction of sp³-hybridized carbons (Fsp3) is 0.342. The average Bonchev–Trinajstić information content (AvgIpc) is 0.834. The number of thioether (sulfide) groups is 2. The molecular formula is C76H91N3O8S2Si. The van der Waals surface area contributed by atoms with E-state index in [-0.39, 0.29) is 42.8 Å². The van der Waals surface area contributed by atoms with Crippen LogP contribution >= 0.6 is 23.5 Å². The highest BCUT2D eigenvalue weighted by Gasteiger charge is 2.45. The molecule has 3 amide bonds. The van der Waals surface area contributed by atoms with Crippen LogP contribution in [-0.4, -0.2) is 87.6 Å². The van der Waals surface area contributed by atoms with Crippen LogP contribution in [0.2, 0.25) is 18.1 Å². The fourth-order valence-electron chi connectivity index (χ4n) is 10.7. The second kappa shape index (κ2) is 34.1. The predicted molar refractivity (Wildman–Crippen MR) is 372 cm³/mol. The molecule has 0 unspecified atom stereocenters. The van der Waals surface area contributed by atoms with E-state index < -0.39 is 71.8 Å². The van der Waals surface area contributed by atoms with Crippen LogP contribution in [0.15, 0.2) is 231 Å². The van der Waals surface area contributed by atoms with Gasteiger partial charge in [0, 0.05) is 5.75 Å². The van der Waals surface area contributed by atoms with Gasteiger partial charge in [-0.3, -0.25) is 19.2 Å². The van der Waals surface area contributed by atoms with Crippen LogP contribution in [0, 0.1) is 5.92 Å². The molecular weight excluding hydrogens is 1180 g/mol. The summed E-state index contributed by atoms with van der Waals surface area (Å²) in [6, 6.07) is 66.9. The lowest BCUT2D eigenvalue weighted by molar-refractivity contribution is -0.145. The smallest absolute Gasteiger partial charge is 0.308 e. The maximum atomic E-state index is 15.6. The van der Waals surface area contributed by atoms with Crippen molar-refractivity contribution < 1.29 is 37.8 Å². The third-order valence-corrected chi connectivity index (χ3v) is 24.6. The minimum atomic E-state index is -2.58. The number of esters is 1. The van der Waals surface area contributed by atoms with Crippen LogP contribution in [-0.2, 0) is 49.2 Å². The highest BCUT2D eigenvalue weighted by molar-refractivity contribution is 8.00. The monoisotopic (exact) mass is 1270 g/mol. The maximum absolute atomic E-state index is 15.6. The van der Waals surface area contributed by atoms with Gasteiger partial charge in [-0.25, -0.2) is 0 Å². The Hall–Kier alpha value is -7.46. The minimum absolute atomic E-state index is 0.0343. The third kappa shape index (κ3) is 18.8. The number of hydrogen-bond donors (Lipinski definition) is 3. The number of amides is 3. The molecule has 0 fully saturated rings. The molecule has 3 N–H and O–H groups in total. The molecule has 7 rings (SSSR count). The first-order valence-corrected chi connectivity index (χ1v) is 36.1. The molecule has 90 heavy (non-hydrogen) atoms. The molecule has 6 atom stereocenters. The van der Waals surface area contributed by atoms with Crippen molar-refractivity contribution >= 4 is 55.5 Å². The van der Waals surface area contributed by atoms with E-state index in [1.165, 1.54) is 34.5 Å². The lowest BCUT2D eigenvalue weighted by Crippen LogP contribution is -2.59. The fourth-order valence-corrected chi connectivity index (χ4v) is 15.1. The van der Waals surface area contributed by atoms with Crippen LogP contribution in [0.5, 0.6) is 5.75 Å². The molecule has 0 saturated heterocycles. The second-order valence-electron chi connectivity index (χ2n) is 24.2. The lowest BCUT2D eigenvalue weighted by atomic mass is 9.84. The van der Waals surface area contributed by atoms with Crippen molar-refractivity contribution in [3.8, 4) is 5.75 Å². The highest BCUT2D eigenvalue weighted by atomic mass is 32.2. The van der Waals surface area contributed by atoms with Crippen LogP contribution in [0.3, 0.4) is 0 Å². The summed E-state index contributed by atoms with van der Waals surface area (Å²) in [6.45, 7) is 20.3. The second-order valence-corrected chi connectivity index (χ2v) is 31.5. The first-order valence-electron chi connectivity index (χ1n) is 31.2. The van der Waals surface area contributed by atoms with Gasteiger partial charge in [-0.05, 0) is 94.2 Å². The molecule has 474 valence electrons. The van der Waals surface area contributed by atoms with Crippen molar-refractivity contribution in [2.45, 2.75) is 132 Å². The number of hydrogen-bond acceptors (Lipinski definition) is 10. The Morgan fingerprint density at radius 3 is 1.48 bits per heavy atom. The summed E-state index contributed by atoms with van der Waals surface area (Å²) in [5.41, 5.74) is 7.36. The van der Waals surface area contributed by atoms with Crippen molar-refractivity contribution in [1.29, 1.82) is 0 Å². The molecule has 0 radical (unpaired) electrons. The predicted octanol–water partition coefficient (Wildman–Crippen LogP) is 15.4. The lowest BCUT2D eigenvalue weighted by Gasteiger charge is -2.43. The van der Waals surface area contributed by atoms with Crippen LogP contribution in [0.25, 0.3) is 0 Å². The normalized spacial score (nSPS) is 14.1. The summed E-state index contributed by atoms with van der Waals surface area (Å²) in [4.78, 5) is 58.5. The number of carbonyl (C=O) groups is 4. The Labute approximate surface area is 544 Å². The minimum Gasteiger partial charge on any atom is -0.497 e. The molecule has 0 aliphatic heterocycles. The molecule has 0 saturated carbocycles. The summed E-state index contributed by atoms with van der Waals surface area (Å²) in [5.74, 6) is -0.528. The number of rotatable bonds is 34. The van der Waals surface area contributed by atoms with E-state index in [0.29, 0.717) is 12.8 Å². The van der Waals surface area contributed by atoms with Crippen molar-refractivity contribution in [2.75, 3.05) is 25.2 Å². The number of carbonyl (C=O) groups excluding carboxylic acids is 4. The Kier molecular flexibility index (Phi) is 26.5. The van der Waals surface area contributed by atoms with Gasteiger partial charge in [0.1, 0.15) is 24.4 Å². The van der Waals surface area contributed by atoms with Gasteiger partial charge in [-0.2, -0.15) is 0 Å². The molecule has 0 aliphatic carbocycles. The molecule has 14 heteroatoms. The molecule has 0 heterocycles. The van der Waals surface area contributed by atoms with Crippen LogP contribution < -0.4 is 20.7 Å². The van der Waals surface area contributed by atoms with Gasteiger partial charge in [0.25, 0.3) is 0 Å². The van der Waals surface area contributed by atoms with Gasteiger partial charge in [0.05, 0.1) is 54.3 Å². The van der Waals surface area contributed by atoms with Crippen molar-refractivity contribution in [3.05, 3.63) is 270 Å². The number of nitrogens with one attached hydrogen (secondary N) is 3. The standard InChI is InChI=1S/C76H91N3O8S2Si/c1-11-50-85-70(81)53-68(87-90(9,10)74(5,6)7)71(56(3)12-2)79-73(83)67(55-89-76(62-39-25-16-26-40-62,63-41-27-17-28-42-63)64-43-29-18-30-44-64)78-72(82)57(4)77-69(80)52-66(86-54-58-46-48-65(84-8)49-47-58)45-31-32-51-88-75(59-33-19-13-20-34-59,60-35-21-14-22-36-60)61-37-23-15-24-38-61/h11,13-31,33-49,56-57,66-68,71H,1,12,32,50-55H2,2-10H3,(H,77,80)(H,78,82)(H,79,83)/b45-31+/t56-,57+,66+,67+,68-,71+/m0/s1. The van der Waals surface area contributed by atoms with E-state index in [0.717, 1.165) is 33.8 Å². The summed E-state index contributed by atoms with van der Waals surface area (Å²) in [5, 5.41) is 9.19. The van der Waals surface area contributed by atoms with Crippen molar-refractivity contribution in [3.63, 3.8) is 0 Å². The first-order chi connectivity index (χ1) is 43.3. The number of methoxy groups -OCH3 is 1. The van der Waals surface area contributed by atoms with Crippen LogP contribution in [0.1, 0.15) is 106 Å². The molecule has 0 bridgehead atoms. The van der Waals surface area contributed by atoms with E-state index in [9.17, 15) is 14.4 Å². The number of allylic oxidation sites excluding steroid dienone is 1. The molecule has 0 spiro atoms. The van der Waals surface area contributed by atoms with E-state index in [1.807, 2.05) is 129 Å². The Morgan fingerprint density at radius 1 is 0.600 bits per heavy atom. The highest BCUT2D eigenvalue weighted by Crippen LogP contribution is 2.50. The Morgan fingerprint density at radius 2 is 1.06 bits per heavy atom. The zero-order valence-electron chi connectivity index (χ0n) is 53.8. The van der Waals surface area contributed by atoms with E-state index in [2.05, 4.69) is 172 Å². The van der Waals surface area contributed by atoms with E-state index >= 15 is 4.79 Å². The topological polar surface area (TPSA) is 141 Å². The summed E-state index contributed by atoms with van der Waals surface area (Å²) >= 11 is 3.39. The molecule has 7 aromatic rings. The van der Waals surface area contributed by atoms with Gasteiger partial charge >= 0.3 is 5.97 Å². The Bertz CT molecular complexity index is 3160. The molecule has 11 nitrogen and oxygen atoms in total. The summed E-state index contributed by atoms with van der Waals surface area (Å²) in [7, 11) is -0.958. The maximum Gasteiger partial charge on any atom is 0.308 e. The van der Waals surface area contributed by atoms with E-state index in [4.69, 9.17) is 18.6 Å². The van der Waals surface area contributed by atoms with Gasteiger partial charge < -0.3 is 34.6 Å². The molecule has 0 aliphatic rings. The van der Waals surface area contributed by atoms with Crippen LogP contribution in [0.4, 0.5) is 0 Å². The van der Waals surface area contributed by atoms with Crippen molar-refractivity contribution in [1.82, 2.24) is 16.0 Å². The zero-order valence-corrected chi connectivity index (χ0v) is 56.4. The summed E-state index contributed by atoms with van der Waals surface area (Å²) in [6.07, 6.45) is 5.22. The zero-order chi connectivity index (χ0) is 64.6. The van der Waals surface area contributed by atoms with Gasteiger partial charge in [-0.1, -0.05) is 260 Å². The largest absolute Gasteiger partial charge is 0.497 e. The van der Waals surface area contributed by atoms with Gasteiger partial charge in [0.15, 0.2) is 8.32 Å². The Balaban J connectivity index is 1.17. The summed E-state index contributed by atoms with van der Waals surface area (Å²) < 4.78 is 23.2. The molecule has 0 aromatic heterocycles. The first kappa shape index (κ1) is 70.0. The number of benzene rings is 7. The number of ether oxygens (including phenoxy) is 3. The van der Waals surface area contributed by atoms with Crippen molar-refractivity contribution in [2.24, 2.45) is 5.92 Å². The SMILES string of the molecule is C=CCOC(=O)C[C@H](O[Si](C)(C)C(C)(C)C)[C@H](NC(=O)[C@@H](CSC(c1ccccc1)(c1ccccc1)c1ccccc1)NC(=O)[C@@H](C)NC(=O)C[C@@H](/C=C/CCSC(c1ccccc1)(c1ccccc1)c1ccccc1)OCc1ccc(OC)cc1)[C@@H](C)CC. The average molecular weight is 1270 g/mol. The third-order valence-electron chi connectivity index (χ3n) is 16.9. The molecule has 7 aromatic carbocycles. The quantitative estimate of drug-likeness (QED) is 0.0117. The van der Waals surface area contributed by atoms with Gasteiger partial charge in [0.2, 0.25) is 17.7 Å².